The molecule has 19 heavy (non-hydrogen) atoms. The maximum Gasteiger partial charge on any atom is 0.148 e. The van der Waals surface area contributed by atoms with Gasteiger partial charge in [-0.3, -0.25) is 0 Å². The number of para-hydroxylation sites is 1. The number of hydrogen-bond donors (Lipinski definition) is 0. The fraction of sp³-hybridized carbons (Fsp3) is 0.200. The van der Waals surface area contributed by atoms with Crippen LogP contribution in [0.5, 0.6) is 5.75 Å². The van der Waals surface area contributed by atoms with E-state index in [0.717, 1.165) is 11.1 Å². The number of halogens is 3. The quantitative estimate of drug-likeness (QED) is 0.713. The first-order chi connectivity index (χ1) is 9.13. The van der Waals surface area contributed by atoms with Gasteiger partial charge in [-0.2, -0.15) is 0 Å². The van der Waals surface area contributed by atoms with Crippen molar-refractivity contribution in [3.63, 3.8) is 0 Å². The third-order valence-corrected chi connectivity index (χ3v) is 3.42. The molecule has 0 aromatic heterocycles. The van der Waals surface area contributed by atoms with E-state index in [1.165, 1.54) is 6.07 Å². The average Bonchev–Trinajstić information content (AvgIpc) is 2.41. The topological polar surface area (TPSA) is 9.23 Å². The Bertz CT molecular complexity index is 584. The van der Waals surface area contributed by atoms with Crippen LogP contribution in [-0.4, -0.2) is 0 Å². The van der Waals surface area contributed by atoms with Crippen molar-refractivity contribution in [2.75, 3.05) is 0 Å². The predicted molar refractivity (Wildman–Crippen MR) is 76.5 cm³/mol. The normalized spacial score (nSPS) is 10.5. The first-order valence-corrected chi connectivity index (χ1v) is 6.75. The van der Waals surface area contributed by atoms with Gasteiger partial charge in [-0.15, -0.1) is 11.6 Å². The van der Waals surface area contributed by atoms with Crippen molar-refractivity contribution in [1.82, 2.24) is 0 Å². The first kappa shape index (κ1) is 14.2. The van der Waals surface area contributed by atoms with E-state index >= 15 is 0 Å². The molecule has 0 atom stereocenters. The van der Waals surface area contributed by atoms with Crippen LogP contribution >= 0.6 is 23.2 Å². The fourth-order valence-electron chi connectivity index (χ4n) is 1.83. The number of benzene rings is 2. The Hall–Kier alpha value is -1.25. The molecule has 0 saturated carbocycles. The van der Waals surface area contributed by atoms with Gasteiger partial charge >= 0.3 is 0 Å². The largest absolute Gasteiger partial charge is 0.488 e. The Morgan fingerprint density at radius 3 is 2.53 bits per heavy atom. The van der Waals surface area contributed by atoms with Gasteiger partial charge in [-0.05, 0) is 18.6 Å². The molecule has 0 aliphatic carbocycles. The minimum atomic E-state index is -0.440. The number of rotatable bonds is 4. The molecular weight excluding hydrogens is 286 g/mol. The molecule has 2 aromatic rings. The first-order valence-electron chi connectivity index (χ1n) is 5.83. The van der Waals surface area contributed by atoms with Gasteiger partial charge < -0.3 is 4.74 Å². The molecule has 0 fully saturated rings. The van der Waals surface area contributed by atoms with Crippen molar-refractivity contribution < 1.29 is 9.13 Å². The molecule has 0 amide bonds. The van der Waals surface area contributed by atoms with Crippen LogP contribution in [-0.2, 0) is 12.5 Å². The molecule has 2 aromatic carbocycles. The SMILES string of the molecule is Cc1cccc(CCl)c1OCc1cccc(Cl)c1F. The summed E-state index contributed by atoms with van der Waals surface area (Å²) in [7, 11) is 0. The van der Waals surface area contributed by atoms with E-state index in [0.29, 0.717) is 17.2 Å². The summed E-state index contributed by atoms with van der Waals surface area (Å²) in [5, 5.41) is 0.100. The van der Waals surface area contributed by atoms with Crippen LogP contribution in [0.25, 0.3) is 0 Å². The van der Waals surface area contributed by atoms with E-state index in [1.807, 2.05) is 25.1 Å². The van der Waals surface area contributed by atoms with E-state index in [-0.39, 0.29) is 11.6 Å². The van der Waals surface area contributed by atoms with Crippen molar-refractivity contribution >= 4 is 23.2 Å². The summed E-state index contributed by atoms with van der Waals surface area (Å²) in [5.74, 6) is 0.622. The highest BCUT2D eigenvalue weighted by molar-refractivity contribution is 6.30. The summed E-state index contributed by atoms with van der Waals surface area (Å²) in [6.07, 6.45) is 0. The highest BCUT2D eigenvalue weighted by atomic mass is 35.5. The summed E-state index contributed by atoms with van der Waals surface area (Å²) in [6, 6.07) is 10.6. The lowest BCUT2D eigenvalue weighted by Crippen LogP contribution is -2.02. The number of hydrogen-bond acceptors (Lipinski definition) is 1. The van der Waals surface area contributed by atoms with Gasteiger partial charge in [-0.1, -0.05) is 41.9 Å². The molecule has 100 valence electrons. The van der Waals surface area contributed by atoms with Crippen molar-refractivity contribution in [1.29, 1.82) is 0 Å². The van der Waals surface area contributed by atoms with Crippen LogP contribution < -0.4 is 4.74 Å². The van der Waals surface area contributed by atoms with E-state index in [4.69, 9.17) is 27.9 Å². The average molecular weight is 299 g/mol. The number of alkyl halides is 1. The Morgan fingerprint density at radius 1 is 1.11 bits per heavy atom. The van der Waals surface area contributed by atoms with Crippen LogP contribution in [0.15, 0.2) is 36.4 Å². The van der Waals surface area contributed by atoms with Crippen LogP contribution in [0.3, 0.4) is 0 Å². The molecule has 0 aliphatic heterocycles. The highest BCUT2D eigenvalue weighted by Gasteiger charge is 2.10. The van der Waals surface area contributed by atoms with Gasteiger partial charge in [0, 0.05) is 11.1 Å². The van der Waals surface area contributed by atoms with Crippen LogP contribution in [0, 0.1) is 12.7 Å². The smallest absolute Gasteiger partial charge is 0.148 e. The van der Waals surface area contributed by atoms with Crippen molar-refractivity contribution in [3.05, 3.63) is 63.9 Å². The van der Waals surface area contributed by atoms with Crippen LogP contribution in [0.4, 0.5) is 4.39 Å². The zero-order chi connectivity index (χ0) is 13.8. The van der Waals surface area contributed by atoms with Crippen molar-refractivity contribution in [3.8, 4) is 5.75 Å². The molecule has 2 rings (SSSR count). The molecular formula is C15H13Cl2FO. The lowest BCUT2D eigenvalue weighted by molar-refractivity contribution is 0.295. The second-order valence-corrected chi connectivity index (χ2v) is 4.87. The maximum absolute atomic E-state index is 13.7. The van der Waals surface area contributed by atoms with Crippen LogP contribution in [0.2, 0.25) is 5.02 Å². The molecule has 4 heteroatoms. The summed E-state index contributed by atoms with van der Waals surface area (Å²) in [4.78, 5) is 0. The zero-order valence-corrected chi connectivity index (χ0v) is 11.9. The lowest BCUT2D eigenvalue weighted by Gasteiger charge is -2.13. The Morgan fingerprint density at radius 2 is 1.79 bits per heavy atom. The predicted octanol–water partition coefficient (Wildman–Crippen LogP) is 5.11. The standard InChI is InChI=1S/C15H13Cl2FO/c1-10-4-2-5-11(8-16)15(10)19-9-12-6-3-7-13(17)14(12)18/h2-7H,8-9H2,1H3. The molecule has 1 nitrogen and oxygen atoms in total. The molecule has 0 spiro atoms. The fourth-order valence-corrected chi connectivity index (χ4v) is 2.24. The van der Waals surface area contributed by atoms with Gasteiger partial charge in [0.25, 0.3) is 0 Å². The van der Waals surface area contributed by atoms with Gasteiger partial charge in [0.05, 0.1) is 10.9 Å². The Balaban J connectivity index is 2.21. The number of aryl methyl sites for hydroxylation is 1. The molecule has 0 heterocycles. The second-order valence-electron chi connectivity index (χ2n) is 4.20. The zero-order valence-electron chi connectivity index (χ0n) is 10.4. The van der Waals surface area contributed by atoms with E-state index in [1.54, 1.807) is 12.1 Å². The second kappa shape index (κ2) is 6.27. The third kappa shape index (κ3) is 3.20. The summed E-state index contributed by atoms with van der Waals surface area (Å²) >= 11 is 11.6. The molecule has 0 unspecified atom stereocenters. The molecule has 0 bridgehead atoms. The summed E-state index contributed by atoms with van der Waals surface area (Å²) in [5.41, 5.74) is 2.29. The lowest BCUT2D eigenvalue weighted by atomic mass is 10.1. The summed E-state index contributed by atoms with van der Waals surface area (Å²) < 4.78 is 19.4. The van der Waals surface area contributed by atoms with E-state index in [9.17, 15) is 4.39 Å². The minimum absolute atomic E-state index is 0.100. The number of ether oxygens (including phenoxy) is 1. The van der Waals surface area contributed by atoms with E-state index in [2.05, 4.69) is 0 Å². The molecule has 0 N–H and O–H groups in total. The Labute approximate surface area is 121 Å². The third-order valence-electron chi connectivity index (χ3n) is 2.84. The van der Waals surface area contributed by atoms with Gasteiger partial charge in [-0.25, -0.2) is 4.39 Å². The van der Waals surface area contributed by atoms with Gasteiger partial charge in [0.2, 0.25) is 0 Å². The molecule has 0 radical (unpaired) electrons. The monoisotopic (exact) mass is 298 g/mol. The highest BCUT2D eigenvalue weighted by Crippen LogP contribution is 2.27. The van der Waals surface area contributed by atoms with Crippen LogP contribution in [0.1, 0.15) is 16.7 Å². The van der Waals surface area contributed by atoms with Gasteiger partial charge in [0.1, 0.15) is 18.2 Å². The maximum atomic E-state index is 13.7. The van der Waals surface area contributed by atoms with Crippen molar-refractivity contribution in [2.45, 2.75) is 19.4 Å². The van der Waals surface area contributed by atoms with Gasteiger partial charge in [0.15, 0.2) is 0 Å². The minimum Gasteiger partial charge on any atom is -0.488 e. The Kier molecular flexibility index (Phi) is 4.67. The molecule has 0 saturated heterocycles. The summed E-state index contributed by atoms with van der Waals surface area (Å²) in [6.45, 7) is 2.06. The van der Waals surface area contributed by atoms with Crippen molar-refractivity contribution in [2.24, 2.45) is 0 Å². The van der Waals surface area contributed by atoms with E-state index < -0.39 is 5.82 Å². The molecule has 0 aliphatic rings.